The van der Waals surface area contributed by atoms with Crippen molar-refractivity contribution in [3.63, 3.8) is 0 Å². The first-order valence-corrected chi connectivity index (χ1v) is 4.50. The van der Waals surface area contributed by atoms with E-state index in [0.29, 0.717) is 5.92 Å². The highest BCUT2D eigenvalue weighted by atomic mass is 35.5. The van der Waals surface area contributed by atoms with E-state index in [4.69, 9.17) is 11.8 Å². The van der Waals surface area contributed by atoms with E-state index >= 15 is 0 Å². The maximum absolute atomic E-state index is 5.56. The lowest BCUT2D eigenvalue weighted by Crippen LogP contribution is -1.91. The maximum atomic E-state index is 5.56. The highest BCUT2D eigenvalue weighted by molar-refractivity contribution is 6.24. The van der Waals surface area contributed by atoms with Crippen LogP contribution in [0.25, 0.3) is 0 Å². The number of anilines is 1. The summed E-state index contributed by atoms with van der Waals surface area (Å²) in [4.78, 5) is 2.66. The van der Waals surface area contributed by atoms with Gasteiger partial charge in [0, 0.05) is 11.8 Å². The number of benzene rings is 1. The average Bonchev–Trinajstić information content (AvgIpc) is 2.05. The van der Waals surface area contributed by atoms with Gasteiger partial charge < -0.3 is 0 Å². The van der Waals surface area contributed by atoms with Crippen molar-refractivity contribution in [3.8, 4) is 0 Å². The molecule has 0 aliphatic rings. The summed E-state index contributed by atoms with van der Waals surface area (Å²) >= 11 is 5.56. The van der Waals surface area contributed by atoms with Gasteiger partial charge >= 0.3 is 0 Å². The first-order chi connectivity index (χ1) is 5.65. The van der Waals surface area contributed by atoms with Gasteiger partial charge in [-0.15, -0.1) is 0 Å². The minimum atomic E-state index is 0.550. The summed E-state index contributed by atoms with van der Waals surface area (Å²) in [5.74, 6) is 0.550. The maximum Gasteiger partial charge on any atom is 0.0523 e. The Morgan fingerprint density at radius 3 is 2.50 bits per heavy atom. The van der Waals surface area contributed by atoms with Crippen LogP contribution < -0.4 is 4.84 Å². The van der Waals surface area contributed by atoms with E-state index in [2.05, 4.69) is 36.9 Å². The molecule has 0 heterocycles. The van der Waals surface area contributed by atoms with Gasteiger partial charge in [-0.1, -0.05) is 26.0 Å². The van der Waals surface area contributed by atoms with Gasteiger partial charge in [0.15, 0.2) is 0 Å². The van der Waals surface area contributed by atoms with Crippen LogP contribution in [0.4, 0.5) is 5.69 Å². The molecule has 66 valence electrons. The van der Waals surface area contributed by atoms with E-state index in [0.717, 1.165) is 5.69 Å². The third kappa shape index (κ3) is 1.92. The van der Waals surface area contributed by atoms with Crippen molar-refractivity contribution in [2.75, 3.05) is 4.84 Å². The van der Waals surface area contributed by atoms with E-state index in [9.17, 15) is 0 Å². The Morgan fingerprint density at radius 1 is 1.33 bits per heavy atom. The first kappa shape index (κ1) is 9.40. The van der Waals surface area contributed by atoms with Crippen molar-refractivity contribution in [2.24, 2.45) is 0 Å². The van der Waals surface area contributed by atoms with Crippen LogP contribution in [-0.4, -0.2) is 0 Å². The molecule has 0 atom stereocenters. The molecule has 0 amide bonds. The summed E-state index contributed by atoms with van der Waals surface area (Å²) in [6.07, 6.45) is 0. The van der Waals surface area contributed by atoms with Crippen molar-refractivity contribution in [1.82, 2.24) is 0 Å². The second-order valence-corrected chi connectivity index (χ2v) is 3.51. The Labute approximate surface area is 78.9 Å². The van der Waals surface area contributed by atoms with E-state index in [1.54, 1.807) is 0 Å². The first-order valence-electron chi connectivity index (χ1n) is 4.12. The predicted molar refractivity (Wildman–Crippen MR) is 54.7 cm³/mol. The van der Waals surface area contributed by atoms with Crippen LogP contribution in [-0.2, 0) is 0 Å². The largest absolute Gasteiger partial charge is 0.298 e. The third-order valence-corrected chi connectivity index (χ3v) is 2.23. The van der Waals surface area contributed by atoms with Crippen LogP contribution in [0, 0.1) is 6.92 Å². The highest BCUT2D eigenvalue weighted by Gasteiger charge is 2.01. The SMILES string of the molecule is Cc1ccc(C(C)C)cc1NCl. The van der Waals surface area contributed by atoms with Crippen molar-refractivity contribution >= 4 is 17.5 Å². The number of aryl methyl sites for hydroxylation is 1. The lowest BCUT2D eigenvalue weighted by Gasteiger charge is -2.09. The molecule has 1 aromatic rings. The molecule has 0 aromatic heterocycles. The van der Waals surface area contributed by atoms with Crippen LogP contribution in [0.15, 0.2) is 18.2 Å². The van der Waals surface area contributed by atoms with Crippen LogP contribution in [0.2, 0.25) is 0 Å². The molecule has 12 heavy (non-hydrogen) atoms. The summed E-state index contributed by atoms with van der Waals surface area (Å²) < 4.78 is 0. The summed E-state index contributed by atoms with van der Waals surface area (Å²) in [6.45, 7) is 6.38. The lowest BCUT2D eigenvalue weighted by atomic mass is 10.0. The van der Waals surface area contributed by atoms with Gasteiger partial charge in [-0.05, 0) is 30.0 Å². The fraction of sp³-hybridized carbons (Fsp3) is 0.400. The van der Waals surface area contributed by atoms with Crippen LogP contribution >= 0.6 is 11.8 Å². The van der Waals surface area contributed by atoms with Gasteiger partial charge in [0.1, 0.15) is 0 Å². The summed E-state index contributed by atoms with van der Waals surface area (Å²) in [5, 5.41) is 0. The Kier molecular flexibility index (Phi) is 2.99. The topological polar surface area (TPSA) is 12.0 Å². The molecule has 2 heteroatoms. The molecule has 1 aromatic carbocycles. The van der Waals surface area contributed by atoms with E-state index in [-0.39, 0.29) is 0 Å². The van der Waals surface area contributed by atoms with Crippen molar-refractivity contribution in [1.29, 1.82) is 0 Å². The Morgan fingerprint density at radius 2 is 2.00 bits per heavy atom. The summed E-state index contributed by atoms with van der Waals surface area (Å²) in [5.41, 5.74) is 3.49. The molecule has 0 saturated carbocycles. The summed E-state index contributed by atoms with van der Waals surface area (Å²) in [6, 6.07) is 6.31. The van der Waals surface area contributed by atoms with Crippen molar-refractivity contribution in [3.05, 3.63) is 29.3 Å². The van der Waals surface area contributed by atoms with Crippen molar-refractivity contribution < 1.29 is 0 Å². The minimum Gasteiger partial charge on any atom is -0.298 e. The van der Waals surface area contributed by atoms with E-state index in [1.807, 2.05) is 6.92 Å². The number of rotatable bonds is 2. The molecule has 0 saturated heterocycles. The zero-order valence-corrected chi connectivity index (χ0v) is 8.44. The molecule has 0 radical (unpaired) electrons. The molecular formula is C10H14ClN. The molecule has 0 spiro atoms. The Hall–Kier alpha value is -0.690. The second-order valence-electron chi connectivity index (χ2n) is 3.32. The molecule has 0 fully saturated rings. The molecule has 0 aliphatic heterocycles. The van der Waals surface area contributed by atoms with E-state index in [1.165, 1.54) is 11.1 Å². The van der Waals surface area contributed by atoms with Crippen LogP contribution in [0.1, 0.15) is 30.9 Å². The fourth-order valence-electron chi connectivity index (χ4n) is 1.10. The molecular weight excluding hydrogens is 170 g/mol. The highest BCUT2D eigenvalue weighted by Crippen LogP contribution is 2.22. The van der Waals surface area contributed by atoms with Gasteiger partial charge in [0.25, 0.3) is 0 Å². The Bertz CT molecular complexity index is 269. The fourth-order valence-corrected chi connectivity index (χ4v) is 1.30. The van der Waals surface area contributed by atoms with Crippen LogP contribution in [0.3, 0.4) is 0 Å². The average molecular weight is 184 g/mol. The minimum absolute atomic E-state index is 0.550. The zero-order chi connectivity index (χ0) is 9.14. The smallest absolute Gasteiger partial charge is 0.0523 e. The molecule has 1 rings (SSSR count). The third-order valence-electron chi connectivity index (χ3n) is 2.03. The lowest BCUT2D eigenvalue weighted by molar-refractivity contribution is 0.866. The standard InChI is InChI=1S/C10H14ClN/c1-7(2)9-5-4-8(3)10(6-9)12-11/h4-7,12H,1-3H3. The van der Waals surface area contributed by atoms with Gasteiger partial charge in [-0.3, -0.25) is 4.84 Å². The van der Waals surface area contributed by atoms with Gasteiger partial charge in [0.2, 0.25) is 0 Å². The van der Waals surface area contributed by atoms with E-state index < -0.39 is 0 Å². The van der Waals surface area contributed by atoms with Crippen LogP contribution in [0.5, 0.6) is 0 Å². The van der Waals surface area contributed by atoms with Gasteiger partial charge in [-0.25, -0.2) is 0 Å². The normalized spacial score (nSPS) is 10.4. The Balaban J connectivity index is 3.05. The second kappa shape index (κ2) is 3.81. The number of halogens is 1. The van der Waals surface area contributed by atoms with Crippen molar-refractivity contribution in [2.45, 2.75) is 26.7 Å². The molecule has 1 nitrogen and oxygen atoms in total. The van der Waals surface area contributed by atoms with Gasteiger partial charge in [-0.2, -0.15) is 0 Å². The summed E-state index contributed by atoms with van der Waals surface area (Å²) in [7, 11) is 0. The molecule has 0 unspecified atom stereocenters. The zero-order valence-electron chi connectivity index (χ0n) is 7.69. The molecule has 0 aliphatic carbocycles. The quantitative estimate of drug-likeness (QED) is 0.690. The monoisotopic (exact) mass is 183 g/mol. The predicted octanol–water partition coefficient (Wildman–Crippen LogP) is 3.68. The number of nitrogens with one attached hydrogen (secondary N) is 1. The number of hydrogen-bond acceptors (Lipinski definition) is 1. The van der Waals surface area contributed by atoms with Gasteiger partial charge in [0.05, 0.1) is 5.69 Å². The number of hydrogen-bond donors (Lipinski definition) is 1. The molecule has 0 bridgehead atoms. The molecule has 1 N–H and O–H groups in total.